The standard InChI is InChI=1S/C20H23FN2O2/c1-23-10-9-17(13-23)20(24)22-12-15-5-7-19(8-6-15)25-14-16-3-2-4-18(21)11-16/h2-8,11,17H,9-10,12-14H2,1H3,(H,22,24)/t17-/m0/s1. The predicted octanol–water partition coefficient (Wildman–Crippen LogP) is 2.97. The van der Waals surface area contributed by atoms with E-state index >= 15 is 0 Å². The van der Waals surface area contributed by atoms with E-state index in [0.717, 1.165) is 36.4 Å². The summed E-state index contributed by atoms with van der Waals surface area (Å²) in [5, 5.41) is 3.00. The normalized spacial score (nSPS) is 17.4. The van der Waals surface area contributed by atoms with Crippen molar-refractivity contribution in [1.29, 1.82) is 0 Å². The van der Waals surface area contributed by atoms with Crippen LogP contribution in [0.15, 0.2) is 48.5 Å². The molecular weight excluding hydrogens is 319 g/mol. The first kappa shape index (κ1) is 17.4. The van der Waals surface area contributed by atoms with Gasteiger partial charge in [-0.1, -0.05) is 24.3 Å². The van der Waals surface area contributed by atoms with Gasteiger partial charge in [0.15, 0.2) is 0 Å². The fraction of sp³-hybridized carbons (Fsp3) is 0.350. The number of benzene rings is 2. The Kier molecular flexibility index (Phi) is 5.66. The van der Waals surface area contributed by atoms with Gasteiger partial charge in [-0.15, -0.1) is 0 Å². The van der Waals surface area contributed by atoms with Crippen LogP contribution < -0.4 is 10.1 Å². The average Bonchev–Trinajstić information content (AvgIpc) is 3.05. The molecule has 1 heterocycles. The van der Waals surface area contributed by atoms with Gasteiger partial charge in [0.1, 0.15) is 18.2 Å². The summed E-state index contributed by atoms with van der Waals surface area (Å²) in [6.45, 7) is 2.65. The van der Waals surface area contributed by atoms with Gasteiger partial charge in [0.2, 0.25) is 5.91 Å². The van der Waals surface area contributed by atoms with Gasteiger partial charge in [-0.3, -0.25) is 4.79 Å². The number of carbonyl (C=O) groups is 1. The predicted molar refractivity (Wildman–Crippen MR) is 94.6 cm³/mol. The van der Waals surface area contributed by atoms with Crippen molar-refractivity contribution in [3.8, 4) is 5.75 Å². The summed E-state index contributed by atoms with van der Waals surface area (Å²) in [5.41, 5.74) is 1.82. The third kappa shape index (κ3) is 5.03. The summed E-state index contributed by atoms with van der Waals surface area (Å²) < 4.78 is 18.8. The second-order valence-electron chi connectivity index (χ2n) is 6.53. The highest BCUT2D eigenvalue weighted by atomic mass is 19.1. The van der Waals surface area contributed by atoms with Crippen LogP contribution in [-0.4, -0.2) is 30.9 Å². The lowest BCUT2D eigenvalue weighted by Gasteiger charge is -2.12. The van der Waals surface area contributed by atoms with Gasteiger partial charge >= 0.3 is 0 Å². The molecule has 0 bridgehead atoms. The molecule has 0 saturated carbocycles. The van der Waals surface area contributed by atoms with Crippen molar-refractivity contribution < 1.29 is 13.9 Å². The van der Waals surface area contributed by atoms with Crippen molar-refractivity contribution in [2.75, 3.05) is 20.1 Å². The summed E-state index contributed by atoms with van der Waals surface area (Å²) >= 11 is 0. The molecule has 5 heteroatoms. The van der Waals surface area contributed by atoms with Crippen LogP contribution in [0.2, 0.25) is 0 Å². The first-order chi connectivity index (χ1) is 12.1. The molecule has 0 aromatic heterocycles. The molecule has 1 saturated heterocycles. The van der Waals surface area contributed by atoms with E-state index in [9.17, 15) is 9.18 Å². The highest BCUT2D eigenvalue weighted by Crippen LogP contribution is 2.16. The highest BCUT2D eigenvalue weighted by Gasteiger charge is 2.25. The minimum absolute atomic E-state index is 0.0962. The minimum atomic E-state index is -0.263. The topological polar surface area (TPSA) is 41.6 Å². The highest BCUT2D eigenvalue weighted by molar-refractivity contribution is 5.79. The summed E-state index contributed by atoms with van der Waals surface area (Å²) in [7, 11) is 2.04. The monoisotopic (exact) mass is 342 g/mol. The van der Waals surface area contributed by atoms with Gasteiger partial charge in [-0.25, -0.2) is 4.39 Å². The summed E-state index contributed by atoms with van der Waals surface area (Å²) in [5.74, 6) is 0.673. The lowest BCUT2D eigenvalue weighted by molar-refractivity contribution is -0.124. The number of hydrogen-bond acceptors (Lipinski definition) is 3. The summed E-state index contributed by atoms with van der Waals surface area (Å²) in [6, 6.07) is 14.0. The summed E-state index contributed by atoms with van der Waals surface area (Å²) in [6.07, 6.45) is 0.926. The van der Waals surface area contributed by atoms with E-state index in [4.69, 9.17) is 4.74 Å². The molecule has 1 atom stereocenters. The molecule has 1 fully saturated rings. The van der Waals surface area contributed by atoms with Crippen LogP contribution in [0.3, 0.4) is 0 Å². The first-order valence-corrected chi connectivity index (χ1v) is 8.52. The van der Waals surface area contributed by atoms with E-state index in [1.165, 1.54) is 12.1 Å². The maximum atomic E-state index is 13.1. The SMILES string of the molecule is CN1CC[C@H](C(=O)NCc2ccc(OCc3cccc(F)c3)cc2)C1. The molecule has 2 aromatic carbocycles. The molecule has 132 valence electrons. The number of likely N-dealkylation sites (tertiary alicyclic amines) is 1. The third-order valence-electron chi connectivity index (χ3n) is 4.45. The van der Waals surface area contributed by atoms with E-state index in [1.54, 1.807) is 6.07 Å². The number of hydrogen-bond donors (Lipinski definition) is 1. The number of rotatable bonds is 6. The Morgan fingerprint density at radius 1 is 1.24 bits per heavy atom. The number of nitrogens with one attached hydrogen (secondary N) is 1. The zero-order valence-electron chi connectivity index (χ0n) is 14.4. The number of halogens is 1. The molecule has 2 aromatic rings. The van der Waals surface area contributed by atoms with Crippen LogP contribution in [0.4, 0.5) is 4.39 Å². The molecule has 0 spiro atoms. The fourth-order valence-electron chi connectivity index (χ4n) is 2.98. The van der Waals surface area contributed by atoms with Crippen molar-refractivity contribution in [1.82, 2.24) is 10.2 Å². The smallest absolute Gasteiger partial charge is 0.224 e. The molecule has 25 heavy (non-hydrogen) atoms. The Hall–Kier alpha value is -2.40. The third-order valence-corrected chi connectivity index (χ3v) is 4.45. The van der Waals surface area contributed by atoms with Crippen molar-refractivity contribution in [3.63, 3.8) is 0 Å². The number of carbonyl (C=O) groups excluding carboxylic acids is 1. The Morgan fingerprint density at radius 2 is 2.04 bits per heavy atom. The average molecular weight is 342 g/mol. The zero-order chi connectivity index (χ0) is 17.6. The minimum Gasteiger partial charge on any atom is -0.489 e. The quantitative estimate of drug-likeness (QED) is 0.877. The lowest BCUT2D eigenvalue weighted by Crippen LogP contribution is -2.31. The molecule has 1 amide bonds. The van der Waals surface area contributed by atoms with E-state index < -0.39 is 0 Å². The van der Waals surface area contributed by atoms with Crippen LogP contribution in [0.25, 0.3) is 0 Å². The van der Waals surface area contributed by atoms with E-state index in [-0.39, 0.29) is 17.6 Å². The van der Waals surface area contributed by atoms with E-state index in [2.05, 4.69) is 10.2 Å². The molecule has 1 aliphatic heterocycles. The van der Waals surface area contributed by atoms with Crippen molar-refractivity contribution in [3.05, 3.63) is 65.5 Å². The Morgan fingerprint density at radius 3 is 2.72 bits per heavy atom. The van der Waals surface area contributed by atoms with Gasteiger partial charge in [-0.2, -0.15) is 0 Å². The maximum absolute atomic E-state index is 13.1. The van der Waals surface area contributed by atoms with Crippen LogP contribution in [0, 0.1) is 11.7 Å². The van der Waals surface area contributed by atoms with Crippen molar-refractivity contribution >= 4 is 5.91 Å². The molecular formula is C20H23FN2O2. The second-order valence-corrected chi connectivity index (χ2v) is 6.53. The molecule has 0 radical (unpaired) electrons. The molecule has 3 rings (SSSR count). The van der Waals surface area contributed by atoms with Crippen molar-refractivity contribution in [2.24, 2.45) is 5.92 Å². The maximum Gasteiger partial charge on any atom is 0.224 e. The second kappa shape index (κ2) is 8.12. The van der Waals surface area contributed by atoms with Gasteiger partial charge in [0, 0.05) is 13.1 Å². The fourth-order valence-corrected chi connectivity index (χ4v) is 2.98. The molecule has 1 N–H and O–H groups in total. The first-order valence-electron chi connectivity index (χ1n) is 8.52. The van der Waals surface area contributed by atoms with Gasteiger partial charge in [-0.05, 0) is 55.4 Å². The Labute approximate surface area is 147 Å². The number of nitrogens with zero attached hydrogens (tertiary/aromatic N) is 1. The Bertz CT molecular complexity index is 718. The number of amides is 1. The Balaban J connectivity index is 1.46. The van der Waals surface area contributed by atoms with E-state index in [0.29, 0.717) is 13.2 Å². The number of ether oxygens (including phenoxy) is 1. The van der Waals surface area contributed by atoms with E-state index in [1.807, 2.05) is 37.4 Å². The van der Waals surface area contributed by atoms with Crippen LogP contribution in [-0.2, 0) is 17.9 Å². The van der Waals surface area contributed by atoms with Crippen LogP contribution in [0.1, 0.15) is 17.5 Å². The van der Waals surface area contributed by atoms with Gasteiger partial charge in [0.05, 0.1) is 5.92 Å². The zero-order valence-corrected chi connectivity index (χ0v) is 14.4. The summed E-state index contributed by atoms with van der Waals surface area (Å²) in [4.78, 5) is 14.3. The molecule has 4 nitrogen and oxygen atoms in total. The van der Waals surface area contributed by atoms with Gasteiger partial charge in [0.25, 0.3) is 0 Å². The van der Waals surface area contributed by atoms with Crippen molar-refractivity contribution in [2.45, 2.75) is 19.6 Å². The van der Waals surface area contributed by atoms with Crippen LogP contribution >= 0.6 is 0 Å². The molecule has 0 unspecified atom stereocenters. The molecule has 0 aliphatic carbocycles. The lowest BCUT2D eigenvalue weighted by atomic mass is 10.1. The van der Waals surface area contributed by atoms with Crippen LogP contribution in [0.5, 0.6) is 5.75 Å². The largest absolute Gasteiger partial charge is 0.489 e. The molecule has 1 aliphatic rings. The van der Waals surface area contributed by atoms with Gasteiger partial charge < -0.3 is 15.0 Å².